The molecule has 0 aromatic rings. The molecule has 0 atom stereocenters. The highest BCUT2D eigenvalue weighted by Crippen LogP contribution is 2.34. The van der Waals surface area contributed by atoms with Gasteiger partial charge in [-0.05, 0) is 30.3 Å². The summed E-state index contributed by atoms with van der Waals surface area (Å²) in [7, 11) is 0. The van der Waals surface area contributed by atoms with Gasteiger partial charge in [0.2, 0.25) is 0 Å². The van der Waals surface area contributed by atoms with Crippen molar-refractivity contribution in [2.45, 2.75) is 39.5 Å². The molecule has 0 heterocycles. The lowest BCUT2D eigenvalue weighted by atomic mass is 9.93. The van der Waals surface area contributed by atoms with E-state index < -0.39 is 0 Å². The number of carbonyl (C=O) groups excluding carboxylic acids is 1. The maximum Gasteiger partial charge on any atom is 0.159 e. The van der Waals surface area contributed by atoms with E-state index in [9.17, 15) is 4.79 Å². The van der Waals surface area contributed by atoms with E-state index in [1.165, 1.54) is 0 Å². The normalized spacial score (nSPS) is 20.5. The van der Waals surface area contributed by atoms with Crippen LogP contribution in [0.2, 0.25) is 0 Å². The van der Waals surface area contributed by atoms with Crippen LogP contribution in [0.1, 0.15) is 39.5 Å². The van der Waals surface area contributed by atoms with Crippen molar-refractivity contribution in [3.63, 3.8) is 0 Å². The SMILES string of the molecule is CC1(C)C=C(CCCCO)C(=O)C1. The van der Waals surface area contributed by atoms with Crippen LogP contribution in [-0.2, 0) is 4.79 Å². The van der Waals surface area contributed by atoms with Gasteiger partial charge in [-0.2, -0.15) is 0 Å². The quantitative estimate of drug-likeness (QED) is 0.676. The second-order valence-electron chi connectivity index (χ2n) is 4.44. The van der Waals surface area contributed by atoms with E-state index in [-0.39, 0.29) is 12.0 Å². The number of allylic oxidation sites excluding steroid dienone is 2. The third-order valence-electron chi connectivity index (χ3n) is 2.39. The first-order chi connectivity index (χ1) is 6.05. The summed E-state index contributed by atoms with van der Waals surface area (Å²) in [5.41, 5.74) is 1.03. The Labute approximate surface area is 79.6 Å². The summed E-state index contributed by atoms with van der Waals surface area (Å²) >= 11 is 0. The van der Waals surface area contributed by atoms with Crippen molar-refractivity contribution in [3.8, 4) is 0 Å². The summed E-state index contributed by atoms with van der Waals surface area (Å²) in [5, 5.41) is 8.60. The lowest BCUT2D eigenvalue weighted by Gasteiger charge is -2.10. The van der Waals surface area contributed by atoms with Crippen molar-refractivity contribution >= 4 is 5.78 Å². The first kappa shape index (κ1) is 10.5. The van der Waals surface area contributed by atoms with E-state index in [1.807, 2.05) is 0 Å². The maximum absolute atomic E-state index is 11.5. The zero-order chi connectivity index (χ0) is 9.90. The topological polar surface area (TPSA) is 37.3 Å². The van der Waals surface area contributed by atoms with Crippen LogP contribution < -0.4 is 0 Å². The second kappa shape index (κ2) is 4.05. The number of aliphatic hydroxyl groups excluding tert-OH is 1. The smallest absolute Gasteiger partial charge is 0.159 e. The number of unbranched alkanes of at least 4 members (excludes halogenated alkanes) is 1. The Balaban J connectivity index is 2.45. The molecule has 1 N–H and O–H groups in total. The van der Waals surface area contributed by atoms with Gasteiger partial charge in [0, 0.05) is 13.0 Å². The summed E-state index contributed by atoms with van der Waals surface area (Å²) in [5.74, 6) is 0.294. The Hall–Kier alpha value is -0.630. The van der Waals surface area contributed by atoms with Gasteiger partial charge in [-0.1, -0.05) is 19.9 Å². The molecule has 1 rings (SSSR count). The average molecular weight is 182 g/mol. The molecule has 2 nitrogen and oxygen atoms in total. The molecular formula is C11H18O2. The summed E-state index contributed by atoms with van der Waals surface area (Å²) in [4.78, 5) is 11.5. The molecule has 1 aliphatic carbocycles. The highest BCUT2D eigenvalue weighted by atomic mass is 16.2. The fraction of sp³-hybridized carbons (Fsp3) is 0.727. The molecule has 74 valence electrons. The predicted molar refractivity (Wildman–Crippen MR) is 52.4 cm³/mol. The minimum Gasteiger partial charge on any atom is -0.396 e. The molecule has 0 saturated carbocycles. The number of hydrogen-bond donors (Lipinski definition) is 1. The monoisotopic (exact) mass is 182 g/mol. The van der Waals surface area contributed by atoms with E-state index in [2.05, 4.69) is 19.9 Å². The van der Waals surface area contributed by atoms with Gasteiger partial charge in [-0.3, -0.25) is 4.79 Å². The fourth-order valence-corrected chi connectivity index (χ4v) is 1.77. The summed E-state index contributed by atoms with van der Waals surface area (Å²) < 4.78 is 0. The Morgan fingerprint density at radius 2 is 2.15 bits per heavy atom. The number of aliphatic hydroxyl groups is 1. The van der Waals surface area contributed by atoms with Gasteiger partial charge in [0.05, 0.1) is 0 Å². The van der Waals surface area contributed by atoms with Crippen LogP contribution in [-0.4, -0.2) is 17.5 Å². The van der Waals surface area contributed by atoms with Crippen LogP contribution in [0.25, 0.3) is 0 Å². The fourth-order valence-electron chi connectivity index (χ4n) is 1.77. The van der Waals surface area contributed by atoms with Gasteiger partial charge < -0.3 is 5.11 Å². The van der Waals surface area contributed by atoms with Crippen molar-refractivity contribution in [1.29, 1.82) is 0 Å². The molecule has 0 saturated heterocycles. The molecule has 0 aromatic heterocycles. The van der Waals surface area contributed by atoms with Gasteiger partial charge in [0.25, 0.3) is 0 Å². The number of rotatable bonds is 4. The number of Topliss-reactive ketones (excluding diaryl/α,β-unsaturated/α-hetero) is 1. The first-order valence-electron chi connectivity index (χ1n) is 4.91. The molecular weight excluding hydrogens is 164 g/mol. The van der Waals surface area contributed by atoms with Crippen LogP contribution >= 0.6 is 0 Å². The highest BCUT2D eigenvalue weighted by molar-refractivity contribution is 5.98. The summed E-state index contributed by atoms with van der Waals surface area (Å²) in [6.45, 7) is 4.40. The third kappa shape index (κ3) is 2.96. The van der Waals surface area contributed by atoms with Crippen LogP contribution in [0.5, 0.6) is 0 Å². The lowest BCUT2D eigenvalue weighted by molar-refractivity contribution is -0.116. The maximum atomic E-state index is 11.5. The van der Waals surface area contributed by atoms with E-state index in [4.69, 9.17) is 5.11 Å². The Morgan fingerprint density at radius 3 is 2.62 bits per heavy atom. The molecule has 0 spiro atoms. The molecule has 0 aliphatic heterocycles. The number of hydrogen-bond acceptors (Lipinski definition) is 2. The van der Waals surface area contributed by atoms with Crippen molar-refractivity contribution < 1.29 is 9.90 Å². The van der Waals surface area contributed by atoms with Crippen LogP contribution in [0.15, 0.2) is 11.6 Å². The molecule has 2 heteroatoms. The van der Waals surface area contributed by atoms with Crippen molar-refractivity contribution in [3.05, 3.63) is 11.6 Å². The molecule has 0 aromatic carbocycles. The second-order valence-corrected chi connectivity index (χ2v) is 4.44. The van der Waals surface area contributed by atoms with E-state index >= 15 is 0 Å². The van der Waals surface area contributed by atoms with E-state index in [1.54, 1.807) is 0 Å². The number of ketones is 1. The molecule has 0 fully saturated rings. The lowest BCUT2D eigenvalue weighted by Crippen LogP contribution is -2.05. The predicted octanol–water partition coefficient (Wildman–Crippen LogP) is 2.07. The van der Waals surface area contributed by atoms with Crippen LogP contribution in [0.3, 0.4) is 0 Å². The number of carbonyl (C=O) groups is 1. The van der Waals surface area contributed by atoms with Gasteiger partial charge in [-0.15, -0.1) is 0 Å². The van der Waals surface area contributed by atoms with Gasteiger partial charge >= 0.3 is 0 Å². The minimum absolute atomic E-state index is 0.0611. The van der Waals surface area contributed by atoms with Gasteiger partial charge in [0.15, 0.2) is 5.78 Å². The molecule has 0 amide bonds. The summed E-state index contributed by atoms with van der Waals surface area (Å²) in [6, 6.07) is 0. The molecule has 0 bridgehead atoms. The molecule has 0 unspecified atom stereocenters. The van der Waals surface area contributed by atoms with Crippen molar-refractivity contribution in [1.82, 2.24) is 0 Å². The average Bonchev–Trinajstić information content (AvgIpc) is 2.25. The zero-order valence-corrected chi connectivity index (χ0v) is 8.47. The molecule has 13 heavy (non-hydrogen) atoms. The Bertz CT molecular complexity index is 226. The standard InChI is InChI=1S/C11H18O2/c1-11(2)7-9(10(13)8-11)5-3-4-6-12/h7,12H,3-6,8H2,1-2H3. The Morgan fingerprint density at radius 1 is 1.46 bits per heavy atom. The van der Waals surface area contributed by atoms with E-state index in [0.29, 0.717) is 12.2 Å². The van der Waals surface area contributed by atoms with Crippen LogP contribution in [0.4, 0.5) is 0 Å². The van der Waals surface area contributed by atoms with Gasteiger partial charge in [0.1, 0.15) is 0 Å². The highest BCUT2D eigenvalue weighted by Gasteiger charge is 2.29. The zero-order valence-electron chi connectivity index (χ0n) is 8.47. The van der Waals surface area contributed by atoms with Gasteiger partial charge in [-0.25, -0.2) is 0 Å². The van der Waals surface area contributed by atoms with Crippen molar-refractivity contribution in [2.24, 2.45) is 5.41 Å². The molecule has 1 aliphatic rings. The first-order valence-corrected chi connectivity index (χ1v) is 4.91. The largest absolute Gasteiger partial charge is 0.396 e. The van der Waals surface area contributed by atoms with E-state index in [0.717, 1.165) is 24.8 Å². The minimum atomic E-state index is 0.0611. The third-order valence-corrected chi connectivity index (χ3v) is 2.39. The molecule has 0 radical (unpaired) electrons. The summed E-state index contributed by atoms with van der Waals surface area (Å²) in [6.07, 6.45) is 5.30. The Kier molecular flexibility index (Phi) is 3.26. The van der Waals surface area contributed by atoms with Crippen LogP contribution in [0, 0.1) is 5.41 Å². The van der Waals surface area contributed by atoms with Crippen molar-refractivity contribution in [2.75, 3.05) is 6.61 Å².